The van der Waals surface area contributed by atoms with Crippen molar-refractivity contribution < 1.29 is 4.79 Å². The fourth-order valence-corrected chi connectivity index (χ4v) is 1.98. The van der Waals surface area contributed by atoms with Crippen LogP contribution in [0.3, 0.4) is 0 Å². The van der Waals surface area contributed by atoms with E-state index in [0.29, 0.717) is 10.7 Å². The van der Waals surface area contributed by atoms with E-state index in [9.17, 15) is 4.79 Å². The maximum absolute atomic E-state index is 11.6. The fourth-order valence-electron chi connectivity index (χ4n) is 1.20. The second kappa shape index (κ2) is 5.17. The van der Waals surface area contributed by atoms with Crippen LogP contribution >= 0.6 is 27.5 Å². The summed E-state index contributed by atoms with van der Waals surface area (Å²) in [5.74, 6) is -0.115. The van der Waals surface area contributed by atoms with Crippen molar-refractivity contribution >= 4 is 39.1 Å². The predicted molar refractivity (Wildman–Crippen MR) is 70.7 cm³/mol. The van der Waals surface area contributed by atoms with Gasteiger partial charge in [-0.15, -0.1) is 0 Å². The number of halogens is 2. The normalized spacial score (nSPS) is 11.3. The zero-order valence-corrected chi connectivity index (χ0v) is 11.5. The van der Waals surface area contributed by atoms with E-state index in [1.54, 1.807) is 18.2 Å². The molecular formula is C11H14BrClN2O. The van der Waals surface area contributed by atoms with Gasteiger partial charge in [-0.2, -0.15) is 0 Å². The van der Waals surface area contributed by atoms with E-state index in [1.807, 2.05) is 13.8 Å². The molecule has 1 aromatic rings. The smallest absolute Gasteiger partial charge is 0.226 e. The number of hydrogen-bond acceptors (Lipinski definition) is 2. The van der Waals surface area contributed by atoms with Crippen LogP contribution in [0.25, 0.3) is 0 Å². The van der Waals surface area contributed by atoms with Gasteiger partial charge in [-0.3, -0.25) is 4.79 Å². The zero-order valence-electron chi connectivity index (χ0n) is 9.18. The summed E-state index contributed by atoms with van der Waals surface area (Å²) in [6.07, 6.45) is 0.266. The molecule has 16 heavy (non-hydrogen) atoms. The van der Waals surface area contributed by atoms with Gasteiger partial charge >= 0.3 is 0 Å². The Labute approximate surface area is 108 Å². The molecule has 88 valence electrons. The van der Waals surface area contributed by atoms with Gasteiger partial charge < -0.3 is 11.1 Å². The molecule has 0 saturated carbocycles. The van der Waals surface area contributed by atoms with Crippen molar-refractivity contribution in [1.29, 1.82) is 0 Å². The molecule has 0 unspecified atom stereocenters. The van der Waals surface area contributed by atoms with Gasteiger partial charge in [0.25, 0.3) is 0 Å². The number of carbonyl (C=O) groups excluding carboxylic acids is 1. The Morgan fingerprint density at radius 1 is 1.56 bits per heavy atom. The number of benzene rings is 1. The van der Waals surface area contributed by atoms with Crippen LogP contribution in [0.1, 0.15) is 20.3 Å². The Hall–Kier alpha value is -0.580. The first kappa shape index (κ1) is 13.5. The van der Waals surface area contributed by atoms with E-state index in [-0.39, 0.29) is 12.3 Å². The van der Waals surface area contributed by atoms with Crippen LogP contribution in [0, 0.1) is 0 Å². The van der Waals surface area contributed by atoms with Crippen LogP contribution < -0.4 is 11.1 Å². The number of hydrogen-bond donors (Lipinski definition) is 2. The molecule has 0 aliphatic heterocycles. The first-order valence-corrected chi connectivity index (χ1v) is 5.99. The van der Waals surface area contributed by atoms with Gasteiger partial charge in [0.1, 0.15) is 0 Å². The van der Waals surface area contributed by atoms with Crippen molar-refractivity contribution in [2.24, 2.45) is 5.73 Å². The second-order valence-electron chi connectivity index (χ2n) is 4.34. The molecule has 0 aromatic heterocycles. The number of nitrogens with two attached hydrogens (primary N) is 1. The van der Waals surface area contributed by atoms with Crippen molar-refractivity contribution in [2.75, 3.05) is 5.32 Å². The van der Waals surface area contributed by atoms with Gasteiger partial charge in [0.15, 0.2) is 0 Å². The minimum Gasteiger partial charge on any atom is -0.325 e. The Morgan fingerprint density at radius 3 is 2.69 bits per heavy atom. The molecule has 0 fully saturated rings. The average molecular weight is 306 g/mol. The summed E-state index contributed by atoms with van der Waals surface area (Å²) in [6.45, 7) is 3.62. The highest BCUT2D eigenvalue weighted by molar-refractivity contribution is 9.10. The SMILES string of the molecule is CC(C)(N)CC(=O)Nc1ccc(Cl)cc1Br. The zero-order chi connectivity index (χ0) is 12.3. The summed E-state index contributed by atoms with van der Waals surface area (Å²) in [4.78, 5) is 11.6. The van der Waals surface area contributed by atoms with Crippen molar-refractivity contribution in [2.45, 2.75) is 25.8 Å². The highest BCUT2D eigenvalue weighted by Crippen LogP contribution is 2.26. The Bertz CT molecular complexity index is 401. The third-order valence-corrected chi connectivity index (χ3v) is 2.71. The molecule has 0 radical (unpaired) electrons. The molecule has 0 atom stereocenters. The van der Waals surface area contributed by atoms with Crippen molar-refractivity contribution in [3.05, 3.63) is 27.7 Å². The quantitative estimate of drug-likeness (QED) is 0.901. The number of anilines is 1. The first-order chi connectivity index (χ1) is 7.28. The molecule has 0 saturated heterocycles. The highest BCUT2D eigenvalue weighted by Gasteiger charge is 2.16. The third kappa shape index (κ3) is 4.51. The number of carbonyl (C=O) groups is 1. The van der Waals surface area contributed by atoms with Crippen LogP contribution in [-0.2, 0) is 4.79 Å². The average Bonchev–Trinajstić information content (AvgIpc) is 2.06. The topological polar surface area (TPSA) is 55.1 Å². The van der Waals surface area contributed by atoms with E-state index >= 15 is 0 Å². The summed E-state index contributed by atoms with van der Waals surface area (Å²) in [6, 6.07) is 5.19. The lowest BCUT2D eigenvalue weighted by Crippen LogP contribution is -2.36. The molecule has 1 aromatic carbocycles. The minimum atomic E-state index is -0.511. The molecule has 0 spiro atoms. The summed E-state index contributed by atoms with van der Waals surface area (Å²) < 4.78 is 0.753. The maximum atomic E-state index is 11.6. The summed E-state index contributed by atoms with van der Waals surface area (Å²) in [7, 11) is 0. The molecule has 1 amide bonds. The molecule has 0 heterocycles. The first-order valence-electron chi connectivity index (χ1n) is 4.82. The van der Waals surface area contributed by atoms with Crippen LogP contribution in [0.4, 0.5) is 5.69 Å². The Morgan fingerprint density at radius 2 is 2.19 bits per heavy atom. The summed E-state index contributed by atoms with van der Waals surface area (Å²) >= 11 is 9.12. The van der Waals surface area contributed by atoms with Crippen LogP contribution in [-0.4, -0.2) is 11.4 Å². The molecule has 0 aliphatic rings. The van der Waals surface area contributed by atoms with E-state index < -0.39 is 5.54 Å². The van der Waals surface area contributed by atoms with Crippen LogP contribution in [0.15, 0.2) is 22.7 Å². The predicted octanol–water partition coefficient (Wildman–Crippen LogP) is 3.17. The van der Waals surface area contributed by atoms with E-state index in [2.05, 4.69) is 21.2 Å². The van der Waals surface area contributed by atoms with Crippen LogP contribution in [0.2, 0.25) is 5.02 Å². The van der Waals surface area contributed by atoms with Crippen LogP contribution in [0.5, 0.6) is 0 Å². The summed E-state index contributed by atoms with van der Waals surface area (Å²) in [5, 5.41) is 3.38. The van der Waals surface area contributed by atoms with Gasteiger partial charge in [-0.25, -0.2) is 0 Å². The van der Waals surface area contributed by atoms with E-state index in [4.69, 9.17) is 17.3 Å². The van der Waals surface area contributed by atoms with Gasteiger partial charge in [0.05, 0.1) is 5.69 Å². The van der Waals surface area contributed by atoms with Gasteiger partial charge in [0.2, 0.25) is 5.91 Å². The third-order valence-electron chi connectivity index (χ3n) is 1.82. The van der Waals surface area contributed by atoms with E-state index in [1.165, 1.54) is 0 Å². The van der Waals surface area contributed by atoms with Crippen molar-refractivity contribution in [3.63, 3.8) is 0 Å². The summed E-state index contributed by atoms with van der Waals surface area (Å²) in [5.41, 5.74) is 5.94. The fraction of sp³-hybridized carbons (Fsp3) is 0.364. The van der Waals surface area contributed by atoms with Crippen molar-refractivity contribution in [3.8, 4) is 0 Å². The minimum absolute atomic E-state index is 0.115. The molecule has 0 aliphatic carbocycles. The Kier molecular flexibility index (Phi) is 4.35. The maximum Gasteiger partial charge on any atom is 0.226 e. The standard InChI is InChI=1S/C11H14BrClN2O/c1-11(2,14)6-10(16)15-9-4-3-7(13)5-8(9)12/h3-5H,6,14H2,1-2H3,(H,15,16). The lowest BCUT2D eigenvalue weighted by Gasteiger charge is -2.17. The van der Waals surface area contributed by atoms with Gasteiger partial charge in [0, 0.05) is 21.5 Å². The lowest BCUT2D eigenvalue weighted by molar-refractivity contribution is -0.117. The van der Waals surface area contributed by atoms with E-state index in [0.717, 1.165) is 4.47 Å². The molecule has 1 rings (SSSR count). The molecular weight excluding hydrogens is 291 g/mol. The lowest BCUT2D eigenvalue weighted by atomic mass is 10.0. The molecule has 3 N–H and O–H groups in total. The monoisotopic (exact) mass is 304 g/mol. The molecule has 5 heteroatoms. The molecule has 0 bridgehead atoms. The second-order valence-corrected chi connectivity index (χ2v) is 5.63. The van der Waals surface area contributed by atoms with Gasteiger partial charge in [-0.05, 0) is 48.0 Å². The van der Waals surface area contributed by atoms with Crippen molar-refractivity contribution in [1.82, 2.24) is 0 Å². The van der Waals surface area contributed by atoms with Gasteiger partial charge in [-0.1, -0.05) is 11.6 Å². The number of nitrogens with one attached hydrogen (secondary N) is 1. The Balaban J connectivity index is 2.70. The number of rotatable bonds is 3. The number of amides is 1. The molecule has 3 nitrogen and oxygen atoms in total. The highest BCUT2D eigenvalue weighted by atomic mass is 79.9. The largest absolute Gasteiger partial charge is 0.325 e.